The molecule has 0 aliphatic rings. The Balaban J connectivity index is 2.33. The number of hydrogen-bond acceptors (Lipinski definition) is 2. The van der Waals surface area contributed by atoms with Crippen molar-refractivity contribution in [3.8, 4) is 11.5 Å². The molecule has 0 spiro atoms. The molecule has 0 saturated heterocycles. The van der Waals surface area contributed by atoms with Gasteiger partial charge in [-0.2, -0.15) is 0 Å². The highest BCUT2D eigenvalue weighted by atomic mass is 79.9. The molecule has 1 unspecified atom stereocenters. The number of hydrogen-bond donors (Lipinski definition) is 1. The highest BCUT2D eigenvalue weighted by Crippen LogP contribution is 2.34. The summed E-state index contributed by atoms with van der Waals surface area (Å²) >= 11 is 3.26. The third kappa shape index (κ3) is 3.33. The van der Waals surface area contributed by atoms with Gasteiger partial charge in [0.05, 0.1) is 10.6 Å². The Labute approximate surface area is 120 Å². The van der Waals surface area contributed by atoms with Crippen LogP contribution in [0.25, 0.3) is 0 Å². The smallest absolute Gasteiger partial charge is 0.141 e. The maximum absolute atomic E-state index is 13.0. The predicted octanol–water partition coefficient (Wildman–Crippen LogP) is 4.82. The fourth-order valence-electron chi connectivity index (χ4n) is 1.75. The van der Waals surface area contributed by atoms with Gasteiger partial charge in [0.2, 0.25) is 0 Å². The van der Waals surface area contributed by atoms with E-state index in [0.717, 1.165) is 5.56 Å². The minimum Gasteiger partial charge on any atom is -0.456 e. The Kier molecular flexibility index (Phi) is 4.56. The lowest BCUT2D eigenvalue weighted by molar-refractivity contribution is 0.170. The van der Waals surface area contributed by atoms with Crippen molar-refractivity contribution in [3.05, 3.63) is 58.3 Å². The van der Waals surface area contributed by atoms with E-state index < -0.39 is 6.10 Å². The van der Waals surface area contributed by atoms with Gasteiger partial charge in [-0.05, 0) is 46.6 Å². The highest BCUT2D eigenvalue weighted by Gasteiger charge is 2.13. The van der Waals surface area contributed by atoms with Gasteiger partial charge in [0, 0.05) is 5.56 Å². The van der Waals surface area contributed by atoms with Crippen molar-refractivity contribution < 1.29 is 14.2 Å². The fraction of sp³-hybridized carbons (Fsp3) is 0.200. The van der Waals surface area contributed by atoms with Crippen molar-refractivity contribution in [2.75, 3.05) is 0 Å². The first-order valence-electron chi connectivity index (χ1n) is 6.01. The van der Waals surface area contributed by atoms with Crippen molar-refractivity contribution >= 4 is 15.9 Å². The Morgan fingerprint density at radius 1 is 1.21 bits per heavy atom. The second kappa shape index (κ2) is 6.17. The molecule has 2 nitrogen and oxygen atoms in total. The van der Waals surface area contributed by atoms with Gasteiger partial charge in [-0.3, -0.25) is 0 Å². The first-order chi connectivity index (χ1) is 9.11. The van der Waals surface area contributed by atoms with Crippen LogP contribution in [-0.2, 0) is 0 Å². The van der Waals surface area contributed by atoms with Crippen LogP contribution in [0.4, 0.5) is 4.39 Å². The summed E-state index contributed by atoms with van der Waals surface area (Å²) in [5, 5.41) is 9.95. The van der Waals surface area contributed by atoms with Crippen LogP contribution < -0.4 is 4.74 Å². The van der Waals surface area contributed by atoms with E-state index in [1.165, 1.54) is 12.1 Å². The average Bonchev–Trinajstić information content (AvgIpc) is 2.41. The zero-order valence-corrected chi connectivity index (χ0v) is 12.0. The summed E-state index contributed by atoms with van der Waals surface area (Å²) in [4.78, 5) is 0. The van der Waals surface area contributed by atoms with Gasteiger partial charge in [0.25, 0.3) is 0 Å². The van der Waals surface area contributed by atoms with Crippen molar-refractivity contribution in [1.29, 1.82) is 0 Å². The molecule has 0 fully saturated rings. The molecule has 1 atom stereocenters. The summed E-state index contributed by atoms with van der Waals surface area (Å²) in [6.07, 6.45) is 0.0285. The molecule has 0 aromatic heterocycles. The van der Waals surface area contributed by atoms with Crippen LogP contribution in [0.15, 0.2) is 46.9 Å². The molecule has 0 heterocycles. The van der Waals surface area contributed by atoms with Crippen LogP contribution >= 0.6 is 15.9 Å². The fourth-order valence-corrected chi connectivity index (χ4v) is 2.18. The third-order valence-corrected chi connectivity index (χ3v) is 3.40. The van der Waals surface area contributed by atoms with E-state index in [4.69, 9.17) is 4.74 Å². The first kappa shape index (κ1) is 14.0. The number of para-hydroxylation sites is 1. The van der Waals surface area contributed by atoms with Gasteiger partial charge in [-0.25, -0.2) is 4.39 Å². The molecule has 4 heteroatoms. The zero-order valence-electron chi connectivity index (χ0n) is 10.4. The maximum Gasteiger partial charge on any atom is 0.141 e. The maximum atomic E-state index is 13.0. The molecule has 2 rings (SSSR count). The van der Waals surface area contributed by atoms with E-state index >= 15 is 0 Å². The van der Waals surface area contributed by atoms with Crippen molar-refractivity contribution in [2.24, 2.45) is 0 Å². The van der Waals surface area contributed by atoms with E-state index in [1.807, 2.05) is 25.1 Å². The van der Waals surface area contributed by atoms with Crippen LogP contribution in [0.3, 0.4) is 0 Å². The summed E-state index contributed by atoms with van der Waals surface area (Å²) in [6.45, 7) is 1.90. The molecule has 0 amide bonds. The minimum absolute atomic E-state index is 0.332. The van der Waals surface area contributed by atoms with Crippen LogP contribution in [0.2, 0.25) is 0 Å². The predicted molar refractivity (Wildman–Crippen MR) is 75.9 cm³/mol. The molecule has 1 N–H and O–H groups in total. The van der Waals surface area contributed by atoms with E-state index in [9.17, 15) is 9.50 Å². The van der Waals surface area contributed by atoms with Crippen LogP contribution in [0, 0.1) is 5.82 Å². The number of ether oxygens (including phenoxy) is 1. The monoisotopic (exact) mass is 324 g/mol. The Hall–Kier alpha value is -1.39. The second-order valence-electron chi connectivity index (χ2n) is 4.14. The van der Waals surface area contributed by atoms with E-state index in [1.54, 1.807) is 12.1 Å². The average molecular weight is 325 g/mol. The number of aliphatic hydroxyl groups is 1. The van der Waals surface area contributed by atoms with Gasteiger partial charge in [-0.15, -0.1) is 0 Å². The molecule has 0 bridgehead atoms. The number of halogens is 2. The van der Waals surface area contributed by atoms with Gasteiger partial charge in [0.1, 0.15) is 17.3 Å². The van der Waals surface area contributed by atoms with Crippen LogP contribution in [-0.4, -0.2) is 5.11 Å². The normalized spacial score (nSPS) is 12.2. The van der Waals surface area contributed by atoms with Gasteiger partial charge in [0.15, 0.2) is 0 Å². The Bertz CT molecular complexity index is 572. The summed E-state index contributed by atoms with van der Waals surface area (Å²) in [5.74, 6) is 0.752. The molecular formula is C15H14BrFO2. The summed E-state index contributed by atoms with van der Waals surface area (Å²) in [6, 6.07) is 11.5. The molecule has 19 heavy (non-hydrogen) atoms. The van der Waals surface area contributed by atoms with Crippen LogP contribution in [0.5, 0.6) is 11.5 Å². The zero-order chi connectivity index (χ0) is 13.8. The minimum atomic E-state index is -0.574. The first-order valence-corrected chi connectivity index (χ1v) is 6.81. The topological polar surface area (TPSA) is 29.5 Å². The van der Waals surface area contributed by atoms with E-state index in [2.05, 4.69) is 15.9 Å². The summed E-state index contributed by atoms with van der Waals surface area (Å²) in [7, 11) is 0. The molecule has 0 saturated carbocycles. The van der Waals surface area contributed by atoms with E-state index in [0.29, 0.717) is 22.4 Å². The van der Waals surface area contributed by atoms with Gasteiger partial charge < -0.3 is 9.84 Å². The van der Waals surface area contributed by atoms with E-state index in [-0.39, 0.29) is 5.82 Å². The van der Waals surface area contributed by atoms with Crippen LogP contribution in [0.1, 0.15) is 25.0 Å². The molecule has 2 aromatic carbocycles. The SMILES string of the molecule is CCC(O)c1ccccc1Oc1ccc(F)cc1Br. The lowest BCUT2D eigenvalue weighted by atomic mass is 10.1. The largest absolute Gasteiger partial charge is 0.456 e. The molecular weight excluding hydrogens is 311 g/mol. The Morgan fingerprint density at radius 2 is 1.95 bits per heavy atom. The second-order valence-corrected chi connectivity index (χ2v) is 4.99. The van der Waals surface area contributed by atoms with Gasteiger partial charge in [-0.1, -0.05) is 25.1 Å². The third-order valence-electron chi connectivity index (χ3n) is 2.78. The molecule has 0 aliphatic heterocycles. The highest BCUT2D eigenvalue weighted by molar-refractivity contribution is 9.10. The van der Waals surface area contributed by atoms with Gasteiger partial charge >= 0.3 is 0 Å². The Morgan fingerprint density at radius 3 is 2.63 bits per heavy atom. The lowest BCUT2D eigenvalue weighted by Crippen LogP contribution is -1.98. The standard InChI is InChI=1S/C15H14BrFO2/c1-2-13(18)11-5-3-4-6-14(11)19-15-8-7-10(17)9-12(15)16/h3-9,13,18H,2H2,1H3. The molecule has 0 aliphatic carbocycles. The number of rotatable bonds is 4. The van der Waals surface area contributed by atoms with Crippen molar-refractivity contribution in [3.63, 3.8) is 0 Å². The summed E-state index contributed by atoms with van der Waals surface area (Å²) in [5.41, 5.74) is 0.723. The molecule has 100 valence electrons. The summed E-state index contributed by atoms with van der Waals surface area (Å²) < 4.78 is 19.3. The quantitative estimate of drug-likeness (QED) is 0.873. The number of aliphatic hydroxyl groups excluding tert-OH is 1. The lowest BCUT2D eigenvalue weighted by Gasteiger charge is -2.15. The molecule has 0 radical (unpaired) electrons. The van der Waals surface area contributed by atoms with Crippen molar-refractivity contribution in [2.45, 2.75) is 19.4 Å². The molecule has 2 aromatic rings. The number of benzene rings is 2. The van der Waals surface area contributed by atoms with Crippen molar-refractivity contribution in [1.82, 2.24) is 0 Å².